The molecule has 0 unspecified atom stereocenters. The van der Waals surface area contributed by atoms with Gasteiger partial charge in [0.1, 0.15) is 6.61 Å². The number of rotatable bonds is 3. The van der Waals surface area contributed by atoms with E-state index in [0.717, 1.165) is 5.56 Å². The van der Waals surface area contributed by atoms with Crippen molar-refractivity contribution < 1.29 is 47.0 Å². The summed E-state index contributed by atoms with van der Waals surface area (Å²) in [6, 6.07) is 6.84. The Labute approximate surface area is 132 Å². The van der Waals surface area contributed by atoms with E-state index in [0.29, 0.717) is 5.69 Å². The summed E-state index contributed by atoms with van der Waals surface area (Å²) >= 11 is 0. The maximum atomic E-state index is 10.7. The second-order valence-electron chi connectivity index (χ2n) is 2.95. The van der Waals surface area contributed by atoms with E-state index in [1.165, 1.54) is 6.92 Å². The van der Waals surface area contributed by atoms with Gasteiger partial charge < -0.3 is 15.8 Å². The van der Waals surface area contributed by atoms with Crippen molar-refractivity contribution in [3.63, 3.8) is 0 Å². The van der Waals surface area contributed by atoms with Crippen molar-refractivity contribution in [3.8, 4) is 0 Å². The zero-order chi connectivity index (χ0) is 13.3. The molecule has 0 aliphatic carbocycles. The van der Waals surface area contributed by atoms with E-state index >= 15 is 0 Å². The van der Waals surface area contributed by atoms with Crippen LogP contribution in [-0.2, 0) is 48.8 Å². The zero-order valence-corrected chi connectivity index (χ0v) is 13.7. The number of hydrogen-bond acceptors (Lipinski definition) is 3. The van der Waals surface area contributed by atoms with Crippen LogP contribution < -0.4 is 5.32 Å². The molecule has 1 rings (SSSR count). The number of amides is 2. The summed E-state index contributed by atoms with van der Waals surface area (Å²) in [7, 11) is 0. The minimum Gasteiger partial charge on any atom is -0.632 e. The van der Waals surface area contributed by atoms with Crippen LogP contribution in [-0.4, -0.2) is 12.0 Å². The van der Waals surface area contributed by atoms with Crippen molar-refractivity contribution >= 4 is 17.7 Å². The molecule has 0 fully saturated rings. The van der Waals surface area contributed by atoms with E-state index in [1.807, 2.05) is 13.8 Å². The SMILES string of the molecule is CC.CC(=O)Nc1ccc(COC([NH-])=O)cc1.[Y]. The van der Waals surface area contributed by atoms with E-state index in [4.69, 9.17) is 5.73 Å². The fraction of sp³-hybridized carbons (Fsp3) is 0.333. The summed E-state index contributed by atoms with van der Waals surface area (Å²) in [5, 5.41) is 2.61. The monoisotopic (exact) mass is 326 g/mol. The third-order valence-electron chi connectivity index (χ3n) is 1.64. The molecule has 0 saturated heterocycles. The maximum Gasteiger partial charge on any atom is 0.227 e. The normalized spacial score (nSPS) is 8.17. The van der Waals surface area contributed by atoms with Crippen molar-refractivity contribution in [2.24, 2.45) is 0 Å². The molecular weight excluding hydrogens is 309 g/mol. The summed E-state index contributed by atoms with van der Waals surface area (Å²) in [6.45, 7) is 5.50. The molecule has 0 bridgehead atoms. The Balaban J connectivity index is 0. The van der Waals surface area contributed by atoms with Gasteiger partial charge in [-0.25, -0.2) is 0 Å². The number of carbonyl (C=O) groups excluding carboxylic acids is 2. The summed E-state index contributed by atoms with van der Waals surface area (Å²) in [5.41, 5.74) is 8.00. The molecule has 5 nitrogen and oxygen atoms in total. The topological polar surface area (TPSA) is 79.2 Å². The van der Waals surface area contributed by atoms with Crippen LogP contribution in [0.5, 0.6) is 0 Å². The van der Waals surface area contributed by atoms with E-state index in [-0.39, 0.29) is 45.2 Å². The molecule has 0 aromatic heterocycles. The van der Waals surface area contributed by atoms with Crippen LogP contribution in [0.4, 0.5) is 10.5 Å². The van der Waals surface area contributed by atoms with Gasteiger partial charge in [-0.05, 0) is 17.7 Å². The predicted octanol–water partition coefficient (Wildman–Crippen LogP) is 3.36. The molecule has 0 saturated carbocycles. The Morgan fingerprint density at radius 1 is 1.22 bits per heavy atom. The Morgan fingerprint density at radius 2 is 1.72 bits per heavy atom. The first-order chi connectivity index (χ1) is 8.08. The van der Waals surface area contributed by atoms with E-state index in [1.54, 1.807) is 24.3 Å². The molecule has 1 aromatic rings. The van der Waals surface area contributed by atoms with Crippen LogP contribution in [0.3, 0.4) is 0 Å². The van der Waals surface area contributed by atoms with Crippen molar-refractivity contribution in [2.75, 3.05) is 5.32 Å². The number of carbonyl (C=O) groups is 2. The van der Waals surface area contributed by atoms with Gasteiger partial charge in [-0.2, -0.15) is 0 Å². The largest absolute Gasteiger partial charge is 0.632 e. The molecule has 97 valence electrons. The minimum absolute atomic E-state index is 0. The molecule has 2 N–H and O–H groups in total. The van der Waals surface area contributed by atoms with Gasteiger partial charge >= 0.3 is 0 Å². The molecule has 2 amide bonds. The first-order valence-corrected chi connectivity index (χ1v) is 5.33. The van der Waals surface area contributed by atoms with Crippen molar-refractivity contribution in [1.29, 1.82) is 0 Å². The van der Waals surface area contributed by atoms with Gasteiger partial charge in [0.05, 0.1) is 0 Å². The number of ether oxygens (including phenoxy) is 1. The molecule has 0 atom stereocenters. The average molecular weight is 326 g/mol. The van der Waals surface area contributed by atoms with Crippen LogP contribution >= 0.6 is 0 Å². The Bertz CT molecular complexity index is 366. The van der Waals surface area contributed by atoms with Gasteiger partial charge in [0, 0.05) is 45.3 Å². The Kier molecular flexibility index (Phi) is 12.0. The number of hydrogen-bond donors (Lipinski definition) is 1. The third-order valence-corrected chi connectivity index (χ3v) is 1.64. The standard InChI is InChI=1S/C10H12N2O3.C2H6.Y/c1-7(13)12-9-4-2-8(3-5-9)6-15-10(11)14;1-2;/h2-5H,6H2,1H3,(H3,11,12,13,14);1-2H3;/p-1. The molecule has 0 spiro atoms. The second-order valence-corrected chi connectivity index (χ2v) is 2.95. The molecular formula is C12H17N2O3Y-. The average Bonchev–Trinajstić information content (AvgIpc) is 2.30. The number of nitrogens with one attached hydrogen (secondary N) is 2. The van der Waals surface area contributed by atoms with E-state index in [9.17, 15) is 9.59 Å². The van der Waals surface area contributed by atoms with Crippen LogP contribution in [0.25, 0.3) is 5.73 Å². The first-order valence-electron chi connectivity index (χ1n) is 5.33. The van der Waals surface area contributed by atoms with Crippen LogP contribution in [0.1, 0.15) is 26.3 Å². The van der Waals surface area contributed by atoms with Gasteiger partial charge in [-0.1, -0.05) is 26.0 Å². The van der Waals surface area contributed by atoms with Crippen LogP contribution in [0, 0.1) is 0 Å². The van der Waals surface area contributed by atoms with E-state index < -0.39 is 6.09 Å². The summed E-state index contributed by atoms with van der Waals surface area (Å²) in [6.07, 6.45) is -1.05. The smallest absolute Gasteiger partial charge is 0.227 e. The van der Waals surface area contributed by atoms with Crippen molar-refractivity contribution in [3.05, 3.63) is 35.6 Å². The molecule has 0 aliphatic heterocycles. The zero-order valence-electron chi connectivity index (χ0n) is 10.8. The Morgan fingerprint density at radius 3 is 2.11 bits per heavy atom. The van der Waals surface area contributed by atoms with Gasteiger partial charge in [-0.3, -0.25) is 9.59 Å². The number of anilines is 1. The quantitative estimate of drug-likeness (QED) is 0.925. The molecule has 18 heavy (non-hydrogen) atoms. The van der Waals surface area contributed by atoms with E-state index in [2.05, 4.69) is 10.1 Å². The molecule has 6 heteroatoms. The van der Waals surface area contributed by atoms with Gasteiger partial charge in [0.25, 0.3) is 0 Å². The fourth-order valence-electron chi connectivity index (χ4n) is 1.04. The van der Waals surface area contributed by atoms with Gasteiger partial charge in [0.15, 0.2) is 0 Å². The van der Waals surface area contributed by atoms with Crippen LogP contribution in [0.2, 0.25) is 0 Å². The third kappa shape index (κ3) is 9.13. The Hall–Kier alpha value is -0.936. The minimum atomic E-state index is -1.05. The predicted molar refractivity (Wildman–Crippen MR) is 66.6 cm³/mol. The molecule has 1 radical (unpaired) electrons. The molecule has 0 aliphatic rings. The molecule has 0 heterocycles. The number of benzene rings is 1. The van der Waals surface area contributed by atoms with Crippen LogP contribution in [0.15, 0.2) is 24.3 Å². The van der Waals surface area contributed by atoms with Crippen molar-refractivity contribution in [2.45, 2.75) is 27.4 Å². The fourth-order valence-corrected chi connectivity index (χ4v) is 1.04. The molecule has 1 aromatic carbocycles. The summed E-state index contributed by atoms with van der Waals surface area (Å²) < 4.78 is 4.49. The summed E-state index contributed by atoms with van der Waals surface area (Å²) in [4.78, 5) is 20.9. The van der Waals surface area contributed by atoms with Crippen molar-refractivity contribution in [1.82, 2.24) is 0 Å². The van der Waals surface area contributed by atoms with Gasteiger partial charge in [-0.15, -0.1) is 0 Å². The maximum absolute atomic E-state index is 10.7. The second kappa shape index (κ2) is 11.2. The summed E-state index contributed by atoms with van der Waals surface area (Å²) in [5.74, 6) is -0.139. The first kappa shape index (κ1) is 19.4. The van der Waals surface area contributed by atoms with Gasteiger partial charge in [0.2, 0.25) is 12.0 Å².